The third kappa shape index (κ3) is 6.25. The number of hydrogen-bond acceptors (Lipinski definition) is 10. The SMILES string of the molecule is COc1nc(SCc2csc(-c3ccc(Cl)cc3)n2)c(C#N)c(-c2ccc(OC[C@H](O)CO)cc2)c1C#N. The van der Waals surface area contributed by atoms with Gasteiger partial charge < -0.3 is 19.7 Å². The third-order valence-corrected chi connectivity index (χ3v) is 7.54. The number of nitrogens with zero attached hydrogens (tertiary/aromatic N) is 4. The van der Waals surface area contributed by atoms with Gasteiger partial charge in [0.2, 0.25) is 5.88 Å². The second-order valence-corrected chi connectivity index (χ2v) is 10.1. The molecule has 2 N–H and O–H groups in total. The van der Waals surface area contributed by atoms with Crippen molar-refractivity contribution in [3.8, 4) is 45.5 Å². The van der Waals surface area contributed by atoms with Crippen LogP contribution in [0.4, 0.5) is 0 Å². The lowest BCUT2D eigenvalue weighted by molar-refractivity contribution is 0.0536. The molecular formula is C27H21ClN4O4S2. The van der Waals surface area contributed by atoms with Crippen LogP contribution >= 0.6 is 34.7 Å². The highest BCUT2D eigenvalue weighted by molar-refractivity contribution is 7.98. The molecule has 0 unspecified atom stereocenters. The van der Waals surface area contributed by atoms with Gasteiger partial charge in [-0.3, -0.25) is 0 Å². The van der Waals surface area contributed by atoms with Gasteiger partial charge in [-0.1, -0.05) is 47.6 Å². The molecule has 0 amide bonds. The molecule has 1 atom stereocenters. The Morgan fingerprint density at radius 2 is 1.71 bits per heavy atom. The highest BCUT2D eigenvalue weighted by Crippen LogP contribution is 2.39. The second kappa shape index (κ2) is 12.7. The lowest BCUT2D eigenvalue weighted by Gasteiger charge is -2.15. The van der Waals surface area contributed by atoms with Gasteiger partial charge in [0.25, 0.3) is 0 Å². The van der Waals surface area contributed by atoms with Gasteiger partial charge >= 0.3 is 0 Å². The van der Waals surface area contributed by atoms with Crippen molar-refractivity contribution < 1.29 is 19.7 Å². The van der Waals surface area contributed by atoms with Crippen molar-refractivity contribution in [1.82, 2.24) is 9.97 Å². The van der Waals surface area contributed by atoms with E-state index >= 15 is 0 Å². The van der Waals surface area contributed by atoms with Gasteiger partial charge in [0.05, 0.1) is 25.0 Å². The van der Waals surface area contributed by atoms with E-state index in [1.807, 2.05) is 29.6 Å². The summed E-state index contributed by atoms with van der Waals surface area (Å²) in [5.41, 5.74) is 3.21. The molecule has 0 aliphatic carbocycles. The van der Waals surface area contributed by atoms with Crippen LogP contribution < -0.4 is 9.47 Å². The summed E-state index contributed by atoms with van der Waals surface area (Å²) in [5.74, 6) is 1.05. The lowest BCUT2D eigenvalue weighted by atomic mass is 9.97. The summed E-state index contributed by atoms with van der Waals surface area (Å²) in [6, 6.07) is 18.5. The number of thiazole rings is 1. The molecule has 0 saturated carbocycles. The van der Waals surface area contributed by atoms with E-state index in [1.165, 1.54) is 30.2 Å². The van der Waals surface area contributed by atoms with Crippen molar-refractivity contribution >= 4 is 34.7 Å². The molecule has 0 aliphatic heterocycles. The number of aromatic nitrogens is 2. The average molecular weight is 565 g/mol. The first-order chi connectivity index (χ1) is 18.5. The molecule has 2 aromatic heterocycles. The lowest BCUT2D eigenvalue weighted by Crippen LogP contribution is -2.21. The topological polar surface area (TPSA) is 132 Å². The summed E-state index contributed by atoms with van der Waals surface area (Å²) in [4.78, 5) is 9.16. The number of methoxy groups -OCH3 is 1. The predicted octanol–water partition coefficient (Wildman–Crippen LogP) is 5.30. The molecule has 38 heavy (non-hydrogen) atoms. The van der Waals surface area contributed by atoms with Gasteiger partial charge in [0, 0.05) is 27.3 Å². The fraction of sp³-hybridized carbons (Fsp3) is 0.185. The van der Waals surface area contributed by atoms with Gasteiger partial charge in [0.1, 0.15) is 46.2 Å². The summed E-state index contributed by atoms with van der Waals surface area (Å²) in [6.07, 6.45) is -0.992. The maximum atomic E-state index is 10.1. The molecule has 0 bridgehead atoms. The summed E-state index contributed by atoms with van der Waals surface area (Å²) < 4.78 is 10.9. The Balaban J connectivity index is 1.63. The van der Waals surface area contributed by atoms with Gasteiger partial charge in [0.15, 0.2) is 0 Å². The predicted molar refractivity (Wildman–Crippen MR) is 146 cm³/mol. The van der Waals surface area contributed by atoms with Crippen molar-refractivity contribution in [2.24, 2.45) is 0 Å². The number of pyridine rings is 1. The van der Waals surface area contributed by atoms with Crippen LogP contribution in [0.1, 0.15) is 16.8 Å². The van der Waals surface area contributed by atoms with Gasteiger partial charge in [-0.05, 0) is 29.8 Å². The van der Waals surface area contributed by atoms with Crippen molar-refractivity contribution in [1.29, 1.82) is 10.5 Å². The first kappa shape index (κ1) is 27.4. The van der Waals surface area contributed by atoms with Crippen molar-refractivity contribution in [3.63, 3.8) is 0 Å². The fourth-order valence-corrected chi connectivity index (χ4v) is 5.42. The van der Waals surface area contributed by atoms with Crippen LogP contribution in [0.25, 0.3) is 21.7 Å². The van der Waals surface area contributed by atoms with Crippen molar-refractivity contribution in [3.05, 3.63) is 75.8 Å². The van der Waals surface area contributed by atoms with Crippen LogP contribution in [0, 0.1) is 22.7 Å². The minimum atomic E-state index is -0.992. The molecule has 0 saturated heterocycles. The van der Waals surface area contributed by atoms with Crippen molar-refractivity contribution in [2.45, 2.75) is 16.9 Å². The maximum absolute atomic E-state index is 10.1. The number of benzene rings is 2. The first-order valence-corrected chi connectivity index (χ1v) is 13.5. The minimum Gasteiger partial charge on any atom is -0.491 e. The Bertz CT molecular complexity index is 1500. The molecule has 2 aromatic carbocycles. The molecular weight excluding hydrogens is 544 g/mol. The Labute approximate surface area is 232 Å². The Hall–Kier alpha value is -3.64. The molecule has 0 aliphatic rings. The standard InChI is InChI=1S/C27H21ClN4O4S2/c1-35-25-22(10-29)24(16-4-8-21(9-5-16)36-13-20(34)12-33)23(11-30)27(32-25)38-15-19-14-37-26(31-19)17-2-6-18(28)7-3-17/h2-9,14,20,33-34H,12-13,15H2,1H3/t20-/m1/s1. The van der Waals surface area contributed by atoms with E-state index in [0.717, 1.165) is 16.3 Å². The number of aliphatic hydroxyl groups is 2. The van der Waals surface area contributed by atoms with Crippen LogP contribution in [-0.2, 0) is 5.75 Å². The number of rotatable bonds is 10. The smallest absolute Gasteiger partial charge is 0.233 e. The van der Waals surface area contributed by atoms with Crippen LogP contribution in [0.2, 0.25) is 5.02 Å². The molecule has 4 rings (SSSR count). The number of hydrogen-bond donors (Lipinski definition) is 2. The molecule has 11 heteroatoms. The maximum Gasteiger partial charge on any atom is 0.233 e. The second-order valence-electron chi connectivity index (χ2n) is 7.89. The molecule has 0 spiro atoms. The van der Waals surface area contributed by atoms with E-state index in [4.69, 9.17) is 31.2 Å². The zero-order valence-electron chi connectivity index (χ0n) is 20.1. The molecule has 8 nitrogen and oxygen atoms in total. The quantitative estimate of drug-likeness (QED) is 0.246. The molecule has 0 radical (unpaired) electrons. The number of ether oxygens (including phenoxy) is 2. The van der Waals surface area contributed by atoms with E-state index in [2.05, 4.69) is 17.1 Å². The Morgan fingerprint density at radius 3 is 2.34 bits per heavy atom. The van der Waals surface area contributed by atoms with E-state index in [1.54, 1.807) is 24.3 Å². The van der Waals surface area contributed by atoms with Crippen LogP contribution in [-0.4, -0.2) is 46.6 Å². The van der Waals surface area contributed by atoms with Crippen LogP contribution in [0.3, 0.4) is 0 Å². The number of thioether (sulfide) groups is 1. The zero-order chi connectivity index (χ0) is 27.1. The van der Waals surface area contributed by atoms with E-state index in [0.29, 0.717) is 32.7 Å². The highest BCUT2D eigenvalue weighted by atomic mass is 35.5. The fourth-order valence-electron chi connectivity index (χ4n) is 3.49. The summed E-state index contributed by atoms with van der Waals surface area (Å²) in [7, 11) is 1.43. The number of aliphatic hydroxyl groups excluding tert-OH is 2. The molecule has 192 valence electrons. The molecule has 2 heterocycles. The first-order valence-electron chi connectivity index (χ1n) is 11.2. The van der Waals surface area contributed by atoms with E-state index in [9.17, 15) is 15.6 Å². The summed E-state index contributed by atoms with van der Waals surface area (Å²) >= 11 is 8.83. The summed E-state index contributed by atoms with van der Waals surface area (Å²) in [5, 5.41) is 42.3. The molecule has 0 fully saturated rings. The van der Waals surface area contributed by atoms with Gasteiger partial charge in [-0.15, -0.1) is 11.3 Å². The van der Waals surface area contributed by atoms with Crippen molar-refractivity contribution in [2.75, 3.05) is 20.3 Å². The largest absolute Gasteiger partial charge is 0.491 e. The van der Waals surface area contributed by atoms with E-state index < -0.39 is 12.7 Å². The normalized spacial score (nSPS) is 11.4. The monoisotopic (exact) mass is 564 g/mol. The van der Waals surface area contributed by atoms with Gasteiger partial charge in [-0.25, -0.2) is 9.97 Å². The third-order valence-electron chi connectivity index (χ3n) is 5.34. The zero-order valence-corrected chi connectivity index (χ0v) is 22.5. The Kier molecular flexibility index (Phi) is 9.19. The number of nitriles is 2. The Morgan fingerprint density at radius 1 is 1.03 bits per heavy atom. The summed E-state index contributed by atoms with van der Waals surface area (Å²) in [6.45, 7) is -0.474. The number of halogens is 1. The minimum absolute atomic E-state index is 0.0665. The van der Waals surface area contributed by atoms with Crippen LogP contribution in [0.5, 0.6) is 11.6 Å². The van der Waals surface area contributed by atoms with Gasteiger partial charge in [-0.2, -0.15) is 10.5 Å². The van der Waals surface area contributed by atoms with E-state index in [-0.39, 0.29) is 23.6 Å². The molecule has 4 aromatic rings. The highest BCUT2D eigenvalue weighted by Gasteiger charge is 2.23. The average Bonchev–Trinajstić information content (AvgIpc) is 3.43. The van der Waals surface area contributed by atoms with Crippen LogP contribution in [0.15, 0.2) is 58.9 Å².